The van der Waals surface area contributed by atoms with Crippen LogP contribution in [0.3, 0.4) is 0 Å². The van der Waals surface area contributed by atoms with E-state index in [0.717, 1.165) is 17.7 Å². The molecule has 2 heterocycles. The lowest BCUT2D eigenvalue weighted by Crippen LogP contribution is -2.33. The fourth-order valence-electron chi connectivity index (χ4n) is 2.78. The monoisotopic (exact) mass is 397 g/mol. The molecule has 0 saturated carbocycles. The molecular weight excluding hydrogens is 378 g/mol. The Labute approximate surface area is 160 Å². The maximum Gasteiger partial charge on any atom is 0.410 e. The van der Waals surface area contributed by atoms with Gasteiger partial charge in [-0.2, -0.15) is 13.9 Å². The first-order chi connectivity index (χ1) is 13.3. The van der Waals surface area contributed by atoms with E-state index in [2.05, 4.69) is 9.84 Å². The van der Waals surface area contributed by atoms with E-state index in [-0.39, 0.29) is 18.8 Å². The van der Waals surface area contributed by atoms with Gasteiger partial charge in [0, 0.05) is 17.7 Å². The molecule has 1 aliphatic heterocycles. The molecule has 2 aromatic rings. The molecule has 1 amide bonds. The third kappa shape index (κ3) is 4.02. The first-order valence-electron chi connectivity index (χ1n) is 8.73. The number of hydrogen-bond donors (Lipinski definition) is 0. The number of hydrogen-bond acceptors (Lipinski definition) is 6. The van der Waals surface area contributed by atoms with Crippen molar-refractivity contribution < 1.29 is 29.3 Å². The van der Waals surface area contributed by atoms with Crippen LogP contribution in [0.5, 0.6) is 5.75 Å². The molecule has 3 rings (SSSR count). The van der Waals surface area contributed by atoms with Gasteiger partial charge in [0.15, 0.2) is 1.37 Å². The molecule has 0 atom stereocenters. The smallest absolute Gasteiger partial charge is 0.410 e. The van der Waals surface area contributed by atoms with Gasteiger partial charge in [-0.25, -0.2) is 9.48 Å². The molecule has 1 aromatic carbocycles. The number of amides is 1. The summed E-state index contributed by atoms with van der Waals surface area (Å²) >= 11 is 0. The Kier molecular flexibility index (Phi) is 4.57. The van der Waals surface area contributed by atoms with Crippen molar-refractivity contribution in [3.8, 4) is 11.4 Å². The average molecular weight is 397 g/mol. The van der Waals surface area contributed by atoms with Gasteiger partial charge in [0.2, 0.25) is 5.75 Å². The van der Waals surface area contributed by atoms with E-state index < -0.39 is 34.6 Å². The summed E-state index contributed by atoms with van der Waals surface area (Å²) in [5, 5.41) is 15.2. The number of nitro groups is 1. The summed E-state index contributed by atoms with van der Waals surface area (Å²) < 4.78 is 43.3. The molecule has 9 nitrogen and oxygen atoms in total. The third-order valence-corrected chi connectivity index (χ3v) is 3.88. The number of nitro benzene ring substituents is 1. The molecular formula is C17H18F2N4O5. The van der Waals surface area contributed by atoms with Crippen molar-refractivity contribution >= 4 is 11.8 Å². The minimum absolute atomic E-state index is 0.159. The van der Waals surface area contributed by atoms with E-state index in [4.69, 9.17) is 6.11 Å². The first-order valence-corrected chi connectivity index (χ1v) is 8.23. The van der Waals surface area contributed by atoms with Crippen LogP contribution in [-0.4, -0.2) is 37.9 Å². The molecule has 150 valence electrons. The van der Waals surface area contributed by atoms with Crippen LogP contribution < -0.4 is 4.74 Å². The van der Waals surface area contributed by atoms with E-state index in [1.807, 2.05) is 0 Å². The van der Waals surface area contributed by atoms with Crippen LogP contribution in [0.25, 0.3) is 5.69 Å². The molecule has 0 fully saturated rings. The molecule has 0 saturated heterocycles. The summed E-state index contributed by atoms with van der Waals surface area (Å²) in [6, 6.07) is 3.31. The average Bonchev–Trinajstić information content (AvgIpc) is 3.11. The van der Waals surface area contributed by atoms with E-state index in [0.29, 0.717) is 5.69 Å². The SMILES string of the molecule is [2H]C(F)(F)Oc1cc(-n2ncc3c2CN(C(=O)OC(C)(C)C)C3)ccc1[N+](=O)[O-]. The molecule has 28 heavy (non-hydrogen) atoms. The van der Waals surface area contributed by atoms with Crippen LogP contribution in [0, 0.1) is 10.1 Å². The number of carbonyl (C=O) groups excluding carboxylic acids is 1. The van der Waals surface area contributed by atoms with Crippen molar-refractivity contribution in [2.24, 2.45) is 0 Å². The van der Waals surface area contributed by atoms with Gasteiger partial charge in [-0.1, -0.05) is 0 Å². The summed E-state index contributed by atoms with van der Waals surface area (Å²) in [6.07, 6.45) is 1.00. The molecule has 11 heteroatoms. The highest BCUT2D eigenvalue weighted by Gasteiger charge is 2.31. The number of rotatable bonds is 4. The maximum atomic E-state index is 13.0. The Hall–Kier alpha value is -3.24. The largest absolute Gasteiger partial charge is 0.444 e. The second kappa shape index (κ2) is 7.06. The van der Waals surface area contributed by atoms with E-state index in [9.17, 15) is 23.7 Å². The van der Waals surface area contributed by atoms with Crippen molar-refractivity contribution in [3.63, 3.8) is 0 Å². The first kappa shape index (κ1) is 18.1. The zero-order valence-corrected chi connectivity index (χ0v) is 15.3. The number of halogens is 2. The number of carbonyl (C=O) groups is 1. The fourth-order valence-corrected chi connectivity index (χ4v) is 2.78. The van der Waals surface area contributed by atoms with Gasteiger partial charge in [0.25, 0.3) is 0 Å². The number of fused-ring (bicyclic) bond motifs is 1. The summed E-state index contributed by atoms with van der Waals surface area (Å²) in [6.45, 7) is 1.31. The summed E-state index contributed by atoms with van der Waals surface area (Å²) in [7, 11) is 0. The molecule has 0 bridgehead atoms. The predicted molar refractivity (Wildman–Crippen MR) is 92.3 cm³/mol. The zero-order chi connectivity index (χ0) is 21.6. The van der Waals surface area contributed by atoms with E-state index in [1.165, 1.54) is 21.8 Å². The molecule has 0 N–H and O–H groups in total. The fraction of sp³-hybridized carbons (Fsp3) is 0.412. The van der Waals surface area contributed by atoms with Crippen molar-refractivity contribution in [2.75, 3.05) is 0 Å². The Morgan fingerprint density at radius 2 is 2.11 bits per heavy atom. The Morgan fingerprint density at radius 3 is 2.71 bits per heavy atom. The molecule has 0 radical (unpaired) electrons. The Bertz CT molecular complexity index is 968. The van der Waals surface area contributed by atoms with Crippen molar-refractivity contribution in [2.45, 2.75) is 46.0 Å². The summed E-state index contributed by atoms with van der Waals surface area (Å²) in [4.78, 5) is 23.9. The molecule has 0 spiro atoms. The highest BCUT2D eigenvalue weighted by atomic mass is 19.3. The Balaban J connectivity index is 1.90. The van der Waals surface area contributed by atoms with Crippen molar-refractivity contribution in [1.29, 1.82) is 0 Å². The third-order valence-electron chi connectivity index (χ3n) is 3.88. The van der Waals surface area contributed by atoms with Crippen LogP contribution in [0.4, 0.5) is 19.3 Å². The number of aromatic nitrogens is 2. The van der Waals surface area contributed by atoms with Crippen LogP contribution in [0.1, 0.15) is 33.4 Å². The molecule has 0 unspecified atom stereocenters. The van der Waals surface area contributed by atoms with Crippen LogP contribution >= 0.6 is 0 Å². The zero-order valence-electron chi connectivity index (χ0n) is 16.3. The standard InChI is InChI=1S/C17H18F2N4O5/c1-17(2,3)28-16(24)21-8-10-7-20-22(13(10)9-21)11-4-5-12(23(25)26)14(6-11)27-15(18)19/h4-7,15H,8-9H2,1-3H3/i15D. The second-order valence-corrected chi connectivity index (χ2v) is 7.10. The normalized spacial score (nSPS) is 14.5. The topological polar surface area (TPSA) is 99.7 Å². The number of ether oxygens (including phenoxy) is 2. The lowest BCUT2D eigenvalue weighted by Gasteiger charge is -2.24. The van der Waals surface area contributed by atoms with Gasteiger partial charge < -0.3 is 9.47 Å². The quantitative estimate of drug-likeness (QED) is 0.577. The van der Waals surface area contributed by atoms with Crippen molar-refractivity contribution in [3.05, 3.63) is 45.8 Å². The number of nitrogens with zero attached hydrogens (tertiary/aromatic N) is 4. The van der Waals surface area contributed by atoms with Gasteiger partial charge in [0.1, 0.15) is 5.60 Å². The lowest BCUT2D eigenvalue weighted by atomic mass is 10.2. The second-order valence-electron chi connectivity index (χ2n) is 7.10. The molecule has 0 aliphatic carbocycles. The minimum Gasteiger partial charge on any atom is -0.444 e. The highest BCUT2D eigenvalue weighted by Crippen LogP contribution is 2.33. The lowest BCUT2D eigenvalue weighted by molar-refractivity contribution is -0.386. The highest BCUT2D eigenvalue weighted by molar-refractivity contribution is 5.69. The predicted octanol–water partition coefficient (Wildman–Crippen LogP) is 3.63. The van der Waals surface area contributed by atoms with Crippen LogP contribution in [-0.2, 0) is 17.8 Å². The van der Waals surface area contributed by atoms with Gasteiger partial charge in [-0.05, 0) is 26.8 Å². The van der Waals surface area contributed by atoms with Crippen molar-refractivity contribution in [1.82, 2.24) is 14.7 Å². The number of benzene rings is 1. The Morgan fingerprint density at radius 1 is 1.39 bits per heavy atom. The summed E-state index contributed by atoms with van der Waals surface area (Å²) in [5.74, 6) is -0.765. The van der Waals surface area contributed by atoms with E-state index in [1.54, 1.807) is 20.8 Å². The van der Waals surface area contributed by atoms with Gasteiger partial charge in [0.05, 0.1) is 35.6 Å². The van der Waals surface area contributed by atoms with Gasteiger partial charge in [-0.3, -0.25) is 15.0 Å². The van der Waals surface area contributed by atoms with Crippen LogP contribution in [0.15, 0.2) is 24.4 Å². The number of alkyl halides is 2. The van der Waals surface area contributed by atoms with Gasteiger partial charge in [-0.15, -0.1) is 0 Å². The van der Waals surface area contributed by atoms with Gasteiger partial charge >= 0.3 is 18.4 Å². The maximum absolute atomic E-state index is 13.0. The summed E-state index contributed by atoms with van der Waals surface area (Å²) in [5.41, 5.74) is 0.169. The van der Waals surface area contributed by atoms with Crippen LogP contribution in [0.2, 0.25) is 0 Å². The molecule has 1 aromatic heterocycles. The molecule has 1 aliphatic rings. The van der Waals surface area contributed by atoms with E-state index >= 15 is 0 Å². The minimum atomic E-state index is -4.34.